The van der Waals surface area contributed by atoms with Crippen molar-refractivity contribution < 1.29 is 0 Å². The van der Waals surface area contributed by atoms with Gasteiger partial charge in [-0.05, 0) is 11.8 Å². The molecule has 90 valence electrons. The molecular formula is C13H23N3. The third-order valence-electron chi connectivity index (χ3n) is 3.31. The van der Waals surface area contributed by atoms with Gasteiger partial charge in [0.05, 0.1) is 6.04 Å². The van der Waals surface area contributed by atoms with Gasteiger partial charge < -0.3 is 0 Å². The van der Waals surface area contributed by atoms with Crippen LogP contribution in [0.4, 0.5) is 0 Å². The Labute approximate surface area is 98.3 Å². The molecule has 0 radical (unpaired) electrons. The highest BCUT2D eigenvalue weighted by atomic mass is 15.4. The minimum Gasteiger partial charge on any atom is -0.246 e. The van der Waals surface area contributed by atoms with Crippen LogP contribution in [0.2, 0.25) is 0 Å². The standard InChI is InChI=1S/C13H23N3/c1-12(2,3)9-7-8-10-14-11(13(4,5)6)15-16(9)10/h9H,7-8H2,1-6H3. The summed E-state index contributed by atoms with van der Waals surface area (Å²) < 4.78 is 2.17. The maximum absolute atomic E-state index is 4.72. The van der Waals surface area contributed by atoms with Crippen LogP contribution in [-0.4, -0.2) is 14.8 Å². The van der Waals surface area contributed by atoms with Crippen LogP contribution in [-0.2, 0) is 11.8 Å². The SMILES string of the molecule is CC(C)(C)c1nc2n(n1)C(C(C)(C)C)CC2. The molecule has 0 saturated carbocycles. The summed E-state index contributed by atoms with van der Waals surface area (Å²) in [5.41, 5.74) is 0.327. The van der Waals surface area contributed by atoms with Crippen molar-refractivity contribution in [1.82, 2.24) is 14.8 Å². The smallest absolute Gasteiger partial charge is 0.156 e. The number of nitrogens with zero attached hydrogens (tertiary/aromatic N) is 3. The Morgan fingerprint density at radius 1 is 1.12 bits per heavy atom. The third-order valence-corrected chi connectivity index (χ3v) is 3.31. The zero-order valence-corrected chi connectivity index (χ0v) is 11.3. The predicted molar refractivity (Wildman–Crippen MR) is 65.5 cm³/mol. The molecule has 1 atom stereocenters. The van der Waals surface area contributed by atoms with Crippen LogP contribution in [0.15, 0.2) is 0 Å². The Morgan fingerprint density at radius 3 is 2.25 bits per heavy atom. The lowest BCUT2D eigenvalue weighted by Crippen LogP contribution is -2.23. The van der Waals surface area contributed by atoms with Gasteiger partial charge in [-0.2, -0.15) is 5.10 Å². The van der Waals surface area contributed by atoms with E-state index in [1.165, 1.54) is 12.2 Å². The molecule has 1 aromatic heterocycles. The lowest BCUT2D eigenvalue weighted by atomic mass is 9.86. The molecule has 0 bridgehead atoms. The van der Waals surface area contributed by atoms with Gasteiger partial charge in [-0.3, -0.25) is 0 Å². The summed E-state index contributed by atoms with van der Waals surface area (Å²) >= 11 is 0. The minimum absolute atomic E-state index is 0.0553. The summed E-state index contributed by atoms with van der Waals surface area (Å²) in [6.45, 7) is 13.4. The van der Waals surface area contributed by atoms with Gasteiger partial charge >= 0.3 is 0 Å². The Bertz CT molecular complexity index is 390. The van der Waals surface area contributed by atoms with Gasteiger partial charge in [0.1, 0.15) is 5.82 Å². The van der Waals surface area contributed by atoms with E-state index in [1.807, 2.05) is 0 Å². The monoisotopic (exact) mass is 221 g/mol. The molecule has 3 heteroatoms. The Balaban J connectivity index is 2.38. The first kappa shape index (κ1) is 11.6. The molecule has 0 saturated heterocycles. The van der Waals surface area contributed by atoms with Gasteiger partial charge in [-0.15, -0.1) is 0 Å². The second kappa shape index (κ2) is 3.31. The van der Waals surface area contributed by atoms with Crippen LogP contribution in [0.25, 0.3) is 0 Å². The van der Waals surface area contributed by atoms with E-state index in [0.717, 1.165) is 12.2 Å². The highest BCUT2D eigenvalue weighted by molar-refractivity contribution is 5.08. The van der Waals surface area contributed by atoms with E-state index < -0.39 is 0 Å². The maximum atomic E-state index is 4.72. The first-order valence-corrected chi connectivity index (χ1v) is 6.15. The topological polar surface area (TPSA) is 30.7 Å². The molecule has 1 aliphatic heterocycles. The predicted octanol–water partition coefficient (Wildman–Crippen LogP) is 3.11. The summed E-state index contributed by atoms with van der Waals surface area (Å²) in [5.74, 6) is 2.15. The Kier molecular flexibility index (Phi) is 2.41. The van der Waals surface area contributed by atoms with Crippen molar-refractivity contribution in [1.29, 1.82) is 0 Å². The fourth-order valence-corrected chi connectivity index (χ4v) is 2.28. The molecule has 0 N–H and O–H groups in total. The largest absolute Gasteiger partial charge is 0.246 e. The lowest BCUT2D eigenvalue weighted by Gasteiger charge is -2.27. The van der Waals surface area contributed by atoms with Gasteiger partial charge in [-0.1, -0.05) is 41.5 Å². The molecule has 2 heterocycles. The molecule has 0 fully saturated rings. The maximum Gasteiger partial charge on any atom is 0.156 e. The number of aryl methyl sites for hydroxylation is 1. The molecule has 0 aliphatic carbocycles. The molecule has 0 amide bonds. The molecule has 1 aliphatic rings. The number of aromatic nitrogens is 3. The van der Waals surface area contributed by atoms with E-state index in [9.17, 15) is 0 Å². The van der Waals surface area contributed by atoms with Crippen molar-refractivity contribution in [3.8, 4) is 0 Å². The number of fused-ring (bicyclic) bond motifs is 1. The summed E-state index contributed by atoms with van der Waals surface area (Å²) in [6.07, 6.45) is 2.26. The summed E-state index contributed by atoms with van der Waals surface area (Å²) in [7, 11) is 0. The van der Waals surface area contributed by atoms with Gasteiger partial charge in [0, 0.05) is 11.8 Å². The van der Waals surface area contributed by atoms with Crippen molar-refractivity contribution in [3.05, 3.63) is 11.6 Å². The molecule has 1 aromatic rings. The molecule has 1 unspecified atom stereocenters. The van der Waals surface area contributed by atoms with Gasteiger partial charge in [0.15, 0.2) is 5.82 Å². The second-order valence-corrected chi connectivity index (χ2v) is 6.97. The first-order valence-electron chi connectivity index (χ1n) is 6.15. The average Bonchev–Trinajstić information content (AvgIpc) is 2.53. The van der Waals surface area contributed by atoms with E-state index in [-0.39, 0.29) is 10.8 Å². The molecule has 16 heavy (non-hydrogen) atoms. The van der Waals surface area contributed by atoms with Crippen LogP contribution in [0.1, 0.15) is 65.7 Å². The van der Waals surface area contributed by atoms with Crippen molar-refractivity contribution >= 4 is 0 Å². The number of hydrogen-bond acceptors (Lipinski definition) is 2. The highest BCUT2D eigenvalue weighted by Gasteiger charge is 2.35. The minimum atomic E-state index is 0.0553. The third kappa shape index (κ3) is 1.87. The first-order chi connectivity index (χ1) is 7.19. The van der Waals surface area contributed by atoms with Crippen molar-refractivity contribution in [2.75, 3.05) is 0 Å². The lowest BCUT2D eigenvalue weighted by molar-refractivity contribution is 0.233. The Hall–Kier alpha value is -0.860. The fourth-order valence-electron chi connectivity index (χ4n) is 2.28. The van der Waals surface area contributed by atoms with E-state index in [1.54, 1.807) is 0 Å². The highest BCUT2D eigenvalue weighted by Crippen LogP contribution is 2.39. The number of rotatable bonds is 0. The Morgan fingerprint density at radius 2 is 1.75 bits per heavy atom. The molecule has 2 rings (SSSR count). The normalized spacial score (nSPS) is 21.2. The van der Waals surface area contributed by atoms with E-state index in [2.05, 4.69) is 51.2 Å². The van der Waals surface area contributed by atoms with Crippen molar-refractivity contribution in [3.63, 3.8) is 0 Å². The van der Waals surface area contributed by atoms with Crippen LogP contribution >= 0.6 is 0 Å². The molecular weight excluding hydrogens is 198 g/mol. The summed E-state index contributed by atoms with van der Waals surface area (Å²) in [4.78, 5) is 4.68. The van der Waals surface area contributed by atoms with Crippen molar-refractivity contribution in [2.24, 2.45) is 5.41 Å². The molecule has 0 spiro atoms. The van der Waals surface area contributed by atoms with Crippen molar-refractivity contribution in [2.45, 2.75) is 65.8 Å². The summed E-state index contributed by atoms with van der Waals surface area (Å²) in [6, 6.07) is 0.506. The van der Waals surface area contributed by atoms with E-state index in [0.29, 0.717) is 6.04 Å². The van der Waals surface area contributed by atoms with Crippen LogP contribution < -0.4 is 0 Å². The summed E-state index contributed by atoms with van der Waals surface area (Å²) in [5, 5.41) is 4.72. The zero-order valence-electron chi connectivity index (χ0n) is 11.3. The van der Waals surface area contributed by atoms with Crippen LogP contribution in [0.3, 0.4) is 0 Å². The molecule has 0 aromatic carbocycles. The number of hydrogen-bond donors (Lipinski definition) is 0. The fraction of sp³-hybridized carbons (Fsp3) is 0.846. The van der Waals surface area contributed by atoms with E-state index >= 15 is 0 Å². The molecule has 3 nitrogen and oxygen atoms in total. The van der Waals surface area contributed by atoms with Gasteiger partial charge in [0.25, 0.3) is 0 Å². The quantitative estimate of drug-likeness (QED) is 0.674. The van der Waals surface area contributed by atoms with E-state index in [4.69, 9.17) is 5.10 Å². The van der Waals surface area contributed by atoms with Crippen LogP contribution in [0, 0.1) is 5.41 Å². The van der Waals surface area contributed by atoms with Crippen LogP contribution in [0.5, 0.6) is 0 Å². The zero-order chi connectivity index (χ0) is 12.1. The average molecular weight is 221 g/mol. The van der Waals surface area contributed by atoms with Gasteiger partial charge in [0.2, 0.25) is 0 Å². The van der Waals surface area contributed by atoms with Gasteiger partial charge in [-0.25, -0.2) is 9.67 Å². The second-order valence-electron chi connectivity index (χ2n) is 6.97.